The van der Waals surface area contributed by atoms with Gasteiger partial charge in [-0.05, 0) is 37.3 Å². The number of rotatable bonds is 4. The predicted molar refractivity (Wildman–Crippen MR) is 103 cm³/mol. The molecule has 150 valence electrons. The van der Waals surface area contributed by atoms with Crippen LogP contribution in [0.3, 0.4) is 0 Å². The summed E-state index contributed by atoms with van der Waals surface area (Å²) < 4.78 is 10.3. The molecular formula is C21H14N2O7. The number of carbonyl (C=O) groups is 4. The number of primary amides is 1. The van der Waals surface area contributed by atoms with Gasteiger partial charge in [-0.1, -0.05) is 12.1 Å². The van der Waals surface area contributed by atoms with Crippen molar-refractivity contribution in [3.8, 4) is 5.75 Å². The van der Waals surface area contributed by atoms with E-state index in [1.807, 2.05) is 0 Å². The lowest BCUT2D eigenvalue weighted by molar-refractivity contribution is -0.138. The van der Waals surface area contributed by atoms with E-state index in [-0.39, 0.29) is 28.0 Å². The van der Waals surface area contributed by atoms with Gasteiger partial charge in [-0.2, -0.15) is 0 Å². The zero-order chi connectivity index (χ0) is 21.6. The molecule has 0 fully saturated rings. The van der Waals surface area contributed by atoms with E-state index in [4.69, 9.17) is 14.9 Å². The summed E-state index contributed by atoms with van der Waals surface area (Å²) in [5.41, 5.74) is 4.42. The van der Waals surface area contributed by atoms with E-state index in [1.165, 1.54) is 43.3 Å². The molecule has 9 heteroatoms. The van der Waals surface area contributed by atoms with Crippen LogP contribution in [0.25, 0.3) is 11.0 Å². The fraction of sp³-hybridized carbons (Fsp3) is 0.0952. The fourth-order valence-electron chi connectivity index (χ4n) is 3.19. The number of fused-ring (bicyclic) bond motifs is 2. The Morgan fingerprint density at radius 3 is 2.23 bits per heavy atom. The van der Waals surface area contributed by atoms with Crippen LogP contribution >= 0.6 is 0 Å². The number of nitrogens with two attached hydrogens (primary N) is 1. The number of amides is 3. The molecule has 30 heavy (non-hydrogen) atoms. The summed E-state index contributed by atoms with van der Waals surface area (Å²) in [6, 6.07) is 10.5. The van der Waals surface area contributed by atoms with E-state index in [0.717, 1.165) is 4.90 Å². The highest BCUT2D eigenvalue weighted by Crippen LogP contribution is 2.26. The average molecular weight is 406 g/mol. The molecule has 3 aromatic rings. The van der Waals surface area contributed by atoms with Gasteiger partial charge >= 0.3 is 11.6 Å². The maximum atomic E-state index is 12.6. The van der Waals surface area contributed by atoms with Gasteiger partial charge in [-0.15, -0.1) is 0 Å². The van der Waals surface area contributed by atoms with E-state index in [1.54, 1.807) is 12.1 Å². The van der Waals surface area contributed by atoms with Crippen LogP contribution in [0, 0.1) is 0 Å². The lowest BCUT2D eigenvalue weighted by Gasteiger charge is -2.20. The Kier molecular flexibility index (Phi) is 4.42. The molecule has 2 heterocycles. The second-order valence-corrected chi connectivity index (χ2v) is 6.63. The highest BCUT2D eigenvalue weighted by atomic mass is 16.5. The summed E-state index contributed by atoms with van der Waals surface area (Å²) in [5.74, 6) is -2.89. The molecular weight excluding hydrogens is 392 g/mol. The maximum absolute atomic E-state index is 12.6. The molecule has 1 aromatic heterocycles. The van der Waals surface area contributed by atoms with Crippen LogP contribution in [0.2, 0.25) is 0 Å². The zero-order valence-corrected chi connectivity index (χ0v) is 15.6. The van der Waals surface area contributed by atoms with Gasteiger partial charge < -0.3 is 14.9 Å². The van der Waals surface area contributed by atoms with E-state index in [9.17, 15) is 24.0 Å². The van der Waals surface area contributed by atoms with Crippen molar-refractivity contribution < 1.29 is 28.3 Å². The maximum Gasteiger partial charge on any atom is 0.349 e. The van der Waals surface area contributed by atoms with E-state index in [2.05, 4.69) is 0 Å². The molecule has 9 nitrogen and oxygen atoms in total. The molecule has 2 N–H and O–H groups in total. The topological polar surface area (TPSA) is 137 Å². The van der Waals surface area contributed by atoms with Crippen molar-refractivity contribution in [2.45, 2.75) is 13.0 Å². The molecule has 0 aliphatic carbocycles. The van der Waals surface area contributed by atoms with Gasteiger partial charge in [0, 0.05) is 11.5 Å². The normalized spacial score (nSPS) is 14.0. The van der Waals surface area contributed by atoms with Crippen molar-refractivity contribution in [2.24, 2.45) is 5.73 Å². The highest BCUT2D eigenvalue weighted by molar-refractivity contribution is 6.22. The van der Waals surface area contributed by atoms with Gasteiger partial charge in [0.15, 0.2) is 0 Å². The molecule has 0 spiro atoms. The number of nitrogens with zero attached hydrogens (tertiary/aromatic N) is 1. The van der Waals surface area contributed by atoms with Crippen molar-refractivity contribution in [3.63, 3.8) is 0 Å². The third-order valence-corrected chi connectivity index (χ3v) is 4.75. The number of esters is 1. The number of imide groups is 1. The van der Waals surface area contributed by atoms with Crippen molar-refractivity contribution in [3.05, 3.63) is 75.6 Å². The van der Waals surface area contributed by atoms with Crippen LogP contribution in [-0.2, 0) is 4.79 Å². The first kappa shape index (κ1) is 19.1. The van der Waals surface area contributed by atoms with Crippen molar-refractivity contribution in [2.75, 3.05) is 0 Å². The molecule has 0 saturated heterocycles. The molecule has 3 amide bonds. The van der Waals surface area contributed by atoms with E-state index in [0.29, 0.717) is 5.39 Å². The number of carbonyl (C=O) groups excluding carboxylic acids is 4. The molecule has 2 aromatic carbocycles. The minimum absolute atomic E-state index is 0.0333. The standard InChI is InChI=1S/C21H14N2O7/c1-10(23-18(25)13-4-2-3-5-14(13)19(23)26)20(27)29-12-7-6-11-8-15(17(22)24)21(28)30-16(11)9-12/h2-10H,1H3,(H2,22,24). The quantitative estimate of drug-likeness (QED) is 0.300. The molecule has 1 aliphatic heterocycles. The predicted octanol–water partition coefficient (Wildman–Crippen LogP) is 1.48. The lowest BCUT2D eigenvalue weighted by Crippen LogP contribution is -2.44. The molecule has 1 atom stereocenters. The molecule has 0 saturated carbocycles. The first-order valence-electron chi connectivity index (χ1n) is 8.84. The molecule has 0 radical (unpaired) electrons. The van der Waals surface area contributed by atoms with Crippen LogP contribution in [0.1, 0.15) is 38.0 Å². The van der Waals surface area contributed by atoms with Crippen molar-refractivity contribution >= 4 is 34.7 Å². The highest BCUT2D eigenvalue weighted by Gasteiger charge is 2.41. The summed E-state index contributed by atoms with van der Waals surface area (Å²) in [5, 5.41) is 0.400. The van der Waals surface area contributed by atoms with Crippen molar-refractivity contribution in [1.29, 1.82) is 0 Å². The lowest BCUT2D eigenvalue weighted by atomic mass is 10.1. The Morgan fingerprint density at radius 1 is 1.00 bits per heavy atom. The summed E-state index contributed by atoms with van der Waals surface area (Å²) in [6.07, 6.45) is 0. The summed E-state index contributed by atoms with van der Waals surface area (Å²) in [4.78, 5) is 61.5. The fourth-order valence-corrected chi connectivity index (χ4v) is 3.19. The third-order valence-electron chi connectivity index (χ3n) is 4.75. The van der Waals surface area contributed by atoms with Crippen molar-refractivity contribution in [1.82, 2.24) is 4.90 Å². The van der Waals surface area contributed by atoms with Crippen LogP contribution < -0.4 is 16.1 Å². The Labute approximate surface area is 168 Å². The first-order chi connectivity index (χ1) is 14.3. The average Bonchev–Trinajstić information content (AvgIpc) is 2.97. The van der Waals surface area contributed by atoms with Crippen LogP contribution in [-0.4, -0.2) is 34.6 Å². The summed E-state index contributed by atoms with van der Waals surface area (Å²) >= 11 is 0. The number of hydrogen-bond acceptors (Lipinski definition) is 7. The van der Waals surface area contributed by atoms with Crippen LogP contribution in [0.15, 0.2) is 57.7 Å². The molecule has 1 aliphatic rings. The third kappa shape index (κ3) is 3.02. The van der Waals surface area contributed by atoms with Crippen LogP contribution in [0.5, 0.6) is 5.75 Å². The molecule has 0 bridgehead atoms. The van der Waals surface area contributed by atoms with Gasteiger partial charge in [0.1, 0.15) is 22.9 Å². The number of hydrogen-bond donors (Lipinski definition) is 1. The zero-order valence-electron chi connectivity index (χ0n) is 15.6. The molecule has 1 unspecified atom stereocenters. The SMILES string of the molecule is CC(C(=O)Oc1ccc2cc(C(N)=O)c(=O)oc2c1)N1C(=O)c2ccccc2C1=O. The van der Waals surface area contributed by atoms with Gasteiger partial charge in [0.05, 0.1) is 11.1 Å². The monoisotopic (exact) mass is 406 g/mol. The van der Waals surface area contributed by atoms with E-state index < -0.39 is 35.4 Å². The van der Waals surface area contributed by atoms with E-state index >= 15 is 0 Å². The number of benzene rings is 2. The Bertz CT molecular complexity index is 1270. The minimum atomic E-state index is -1.18. The van der Waals surface area contributed by atoms with Gasteiger partial charge in [-0.3, -0.25) is 19.3 Å². The first-order valence-corrected chi connectivity index (χ1v) is 8.84. The Balaban J connectivity index is 1.58. The van der Waals surface area contributed by atoms with Gasteiger partial charge in [0.25, 0.3) is 17.7 Å². The summed E-state index contributed by atoms with van der Waals surface area (Å²) in [7, 11) is 0. The minimum Gasteiger partial charge on any atom is -0.425 e. The van der Waals surface area contributed by atoms with Gasteiger partial charge in [-0.25, -0.2) is 9.59 Å². The second-order valence-electron chi connectivity index (χ2n) is 6.63. The van der Waals surface area contributed by atoms with Crippen LogP contribution in [0.4, 0.5) is 0 Å². The Hall–Kier alpha value is -4.27. The molecule has 4 rings (SSSR count). The Morgan fingerprint density at radius 2 is 1.63 bits per heavy atom. The van der Waals surface area contributed by atoms with Gasteiger partial charge in [0.2, 0.25) is 0 Å². The second kappa shape index (κ2) is 6.96. The largest absolute Gasteiger partial charge is 0.425 e. The smallest absolute Gasteiger partial charge is 0.349 e. The number of ether oxygens (including phenoxy) is 1. The summed E-state index contributed by atoms with van der Waals surface area (Å²) in [6.45, 7) is 1.38.